The van der Waals surface area contributed by atoms with Gasteiger partial charge in [-0.3, -0.25) is 4.79 Å². The molecule has 1 rings (SSSR count). The van der Waals surface area contributed by atoms with Gasteiger partial charge in [-0.25, -0.2) is 0 Å². The summed E-state index contributed by atoms with van der Waals surface area (Å²) in [5, 5.41) is 11.0. The average molecular weight is 203 g/mol. The first-order valence-electron chi connectivity index (χ1n) is 4.65. The zero-order valence-corrected chi connectivity index (χ0v) is 8.53. The fourth-order valence-corrected chi connectivity index (χ4v) is 1.23. The Morgan fingerprint density at radius 3 is 2.67 bits per heavy atom. The molecule has 0 aliphatic rings. The fraction of sp³-hybridized carbons (Fsp3) is 0.273. The largest absolute Gasteiger partial charge is 0.399 e. The van der Waals surface area contributed by atoms with Gasteiger partial charge < -0.3 is 11.1 Å². The Hall–Kier alpha value is -2.02. The summed E-state index contributed by atoms with van der Waals surface area (Å²) in [7, 11) is 0. The van der Waals surface area contributed by atoms with E-state index < -0.39 is 0 Å². The maximum atomic E-state index is 11.1. The lowest BCUT2D eigenvalue weighted by Gasteiger charge is -2.13. The Balaban J connectivity index is 2.61. The third-order valence-electron chi connectivity index (χ3n) is 2.05. The molecule has 0 saturated carbocycles. The second kappa shape index (κ2) is 5.01. The third-order valence-corrected chi connectivity index (χ3v) is 2.05. The predicted octanol–water partition coefficient (Wildman–Crippen LogP) is 1.36. The summed E-state index contributed by atoms with van der Waals surface area (Å²) >= 11 is 0. The molecule has 4 nitrogen and oxygen atoms in total. The molecule has 0 aliphatic heterocycles. The minimum absolute atomic E-state index is 0.105. The van der Waals surface area contributed by atoms with E-state index in [0.29, 0.717) is 5.69 Å². The number of anilines is 1. The van der Waals surface area contributed by atoms with Crippen molar-refractivity contribution in [2.45, 2.75) is 19.4 Å². The van der Waals surface area contributed by atoms with Gasteiger partial charge in [0.15, 0.2) is 0 Å². The summed E-state index contributed by atoms with van der Waals surface area (Å²) in [4.78, 5) is 11.1. The minimum Gasteiger partial charge on any atom is -0.399 e. The van der Waals surface area contributed by atoms with Crippen LogP contribution in [-0.2, 0) is 4.79 Å². The molecule has 3 N–H and O–H groups in total. The van der Waals surface area contributed by atoms with Gasteiger partial charge in [0, 0.05) is 5.69 Å². The molecule has 1 aromatic carbocycles. The third kappa shape index (κ3) is 3.31. The number of nitrogen functional groups attached to an aromatic ring is 1. The summed E-state index contributed by atoms with van der Waals surface area (Å²) in [6.45, 7) is 1.86. The highest BCUT2D eigenvalue weighted by atomic mass is 16.1. The van der Waals surface area contributed by atoms with E-state index in [-0.39, 0.29) is 18.4 Å². The Labute approximate surface area is 88.7 Å². The molecule has 4 heteroatoms. The van der Waals surface area contributed by atoms with Crippen LogP contribution in [0.15, 0.2) is 24.3 Å². The predicted molar refractivity (Wildman–Crippen MR) is 57.6 cm³/mol. The SMILES string of the molecule is C[C@H](NC(=O)CC#N)c1ccc(N)cc1. The highest BCUT2D eigenvalue weighted by Crippen LogP contribution is 2.13. The molecule has 0 heterocycles. The van der Waals surface area contributed by atoms with Crippen LogP contribution in [0.3, 0.4) is 0 Å². The fourth-order valence-electron chi connectivity index (χ4n) is 1.23. The number of amides is 1. The number of nitrogens with two attached hydrogens (primary N) is 1. The van der Waals surface area contributed by atoms with E-state index in [1.807, 2.05) is 19.1 Å². The summed E-state index contributed by atoms with van der Waals surface area (Å²) in [6, 6.07) is 8.96. The minimum atomic E-state index is -0.262. The van der Waals surface area contributed by atoms with Crippen LogP contribution >= 0.6 is 0 Å². The average Bonchev–Trinajstić information content (AvgIpc) is 2.18. The molecule has 1 amide bonds. The van der Waals surface area contributed by atoms with Crippen LogP contribution in [0.5, 0.6) is 0 Å². The van der Waals surface area contributed by atoms with Crippen LogP contribution in [0.4, 0.5) is 5.69 Å². The first kappa shape index (κ1) is 11.1. The van der Waals surface area contributed by atoms with Gasteiger partial charge in [-0.1, -0.05) is 12.1 Å². The lowest BCUT2D eigenvalue weighted by atomic mass is 10.1. The van der Waals surface area contributed by atoms with Gasteiger partial charge in [0.2, 0.25) is 5.91 Å². The lowest BCUT2D eigenvalue weighted by molar-refractivity contribution is -0.120. The van der Waals surface area contributed by atoms with E-state index in [1.54, 1.807) is 18.2 Å². The van der Waals surface area contributed by atoms with Crippen molar-refractivity contribution in [1.29, 1.82) is 5.26 Å². The standard InChI is InChI=1S/C11H13N3O/c1-8(14-11(15)6-7-12)9-2-4-10(13)5-3-9/h2-5,8H,6,13H2,1H3,(H,14,15)/t8-/m0/s1. The second-order valence-electron chi connectivity index (χ2n) is 3.29. The number of benzene rings is 1. The molecular weight excluding hydrogens is 190 g/mol. The first-order chi connectivity index (χ1) is 7.13. The molecule has 1 atom stereocenters. The molecule has 0 aromatic heterocycles. The van der Waals surface area contributed by atoms with Crippen molar-refractivity contribution < 1.29 is 4.79 Å². The maximum absolute atomic E-state index is 11.1. The number of nitriles is 1. The number of hydrogen-bond acceptors (Lipinski definition) is 3. The van der Waals surface area contributed by atoms with Gasteiger partial charge in [-0.05, 0) is 24.6 Å². The summed E-state index contributed by atoms with van der Waals surface area (Å²) in [6.07, 6.45) is -0.112. The van der Waals surface area contributed by atoms with Crippen LogP contribution in [0.25, 0.3) is 0 Å². The quantitative estimate of drug-likeness (QED) is 0.728. The molecule has 0 fully saturated rings. The summed E-state index contributed by atoms with van der Waals surface area (Å²) in [5.74, 6) is -0.262. The van der Waals surface area contributed by atoms with E-state index in [0.717, 1.165) is 5.56 Å². The number of rotatable bonds is 3. The first-order valence-corrected chi connectivity index (χ1v) is 4.65. The van der Waals surface area contributed by atoms with Crippen molar-refractivity contribution in [3.63, 3.8) is 0 Å². The summed E-state index contributed by atoms with van der Waals surface area (Å²) in [5.41, 5.74) is 7.20. The Bertz CT molecular complexity index is 378. The van der Waals surface area contributed by atoms with Crippen LogP contribution in [-0.4, -0.2) is 5.91 Å². The van der Waals surface area contributed by atoms with Gasteiger partial charge in [0.05, 0.1) is 12.1 Å². The van der Waals surface area contributed by atoms with Crippen LogP contribution in [0, 0.1) is 11.3 Å². The van der Waals surface area contributed by atoms with Gasteiger partial charge in [-0.15, -0.1) is 0 Å². The summed E-state index contributed by atoms with van der Waals surface area (Å²) < 4.78 is 0. The number of hydrogen-bond donors (Lipinski definition) is 2. The number of carbonyl (C=O) groups is 1. The zero-order valence-electron chi connectivity index (χ0n) is 8.53. The molecule has 0 unspecified atom stereocenters. The van der Waals surface area contributed by atoms with Crippen molar-refractivity contribution in [2.75, 3.05) is 5.73 Å². The zero-order chi connectivity index (χ0) is 11.3. The van der Waals surface area contributed by atoms with E-state index in [4.69, 9.17) is 11.0 Å². The van der Waals surface area contributed by atoms with E-state index in [2.05, 4.69) is 5.32 Å². The van der Waals surface area contributed by atoms with Gasteiger partial charge in [-0.2, -0.15) is 5.26 Å². The topological polar surface area (TPSA) is 78.9 Å². The van der Waals surface area contributed by atoms with Crippen molar-refractivity contribution in [3.05, 3.63) is 29.8 Å². The number of carbonyl (C=O) groups excluding carboxylic acids is 1. The molecule has 1 aromatic rings. The Morgan fingerprint density at radius 2 is 2.13 bits per heavy atom. The molecule has 78 valence electrons. The van der Waals surface area contributed by atoms with E-state index in [9.17, 15) is 4.79 Å². The highest BCUT2D eigenvalue weighted by Gasteiger charge is 2.08. The van der Waals surface area contributed by atoms with Gasteiger partial charge >= 0.3 is 0 Å². The Morgan fingerprint density at radius 1 is 1.53 bits per heavy atom. The van der Waals surface area contributed by atoms with Crippen molar-refractivity contribution in [2.24, 2.45) is 0 Å². The molecular formula is C11H13N3O. The molecule has 15 heavy (non-hydrogen) atoms. The highest BCUT2D eigenvalue weighted by molar-refractivity contribution is 5.78. The lowest BCUT2D eigenvalue weighted by Crippen LogP contribution is -2.25. The van der Waals surface area contributed by atoms with Crippen molar-refractivity contribution in [1.82, 2.24) is 5.32 Å². The molecule has 0 saturated heterocycles. The molecule has 0 bridgehead atoms. The van der Waals surface area contributed by atoms with Gasteiger partial charge in [0.1, 0.15) is 6.42 Å². The molecule has 0 radical (unpaired) electrons. The van der Waals surface area contributed by atoms with Crippen molar-refractivity contribution >= 4 is 11.6 Å². The second-order valence-corrected chi connectivity index (χ2v) is 3.29. The number of nitrogens with one attached hydrogen (secondary N) is 1. The molecule has 0 aliphatic carbocycles. The van der Waals surface area contributed by atoms with Crippen LogP contribution in [0.1, 0.15) is 24.9 Å². The van der Waals surface area contributed by atoms with Crippen molar-refractivity contribution in [3.8, 4) is 6.07 Å². The number of nitrogens with zero attached hydrogens (tertiary/aromatic N) is 1. The monoisotopic (exact) mass is 203 g/mol. The van der Waals surface area contributed by atoms with E-state index >= 15 is 0 Å². The molecule has 0 spiro atoms. The Kier molecular flexibility index (Phi) is 3.69. The smallest absolute Gasteiger partial charge is 0.234 e. The van der Waals surface area contributed by atoms with Crippen LogP contribution < -0.4 is 11.1 Å². The van der Waals surface area contributed by atoms with E-state index in [1.165, 1.54) is 0 Å². The van der Waals surface area contributed by atoms with Crippen LogP contribution in [0.2, 0.25) is 0 Å². The normalized spacial score (nSPS) is 11.5. The maximum Gasteiger partial charge on any atom is 0.234 e. The van der Waals surface area contributed by atoms with Gasteiger partial charge in [0.25, 0.3) is 0 Å².